The van der Waals surface area contributed by atoms with E-state index in [1.54, 1.807) is 12.3 Å². The highest BCUT2D eigenvalue weighted by Gasteiger charge is 2.24. The quantitative estimate of drug-likeness (QED) is 0.915. The number of hydrogen-bond acceptors (Lipinski definition) is 1. The van der Waals surface area contributed by atoms with Crippen LogP contribution in [0.25, 0.3) is 0 Å². The average molecular weight is 318 g/mol. The summed E-state index contributed by atoms with van der Waals surface area (Å²) in [4.78, 5) is 17.2. The summed E-state index contributed by atoms with van der Waals surface area (Å²) < 4.78 is 26.6. The minimum absolute atomic E-state index is 0.0210. The largest absolute Gasteiger partial charge is 0.357 e. The minimum atomic E-state index is -0.549. The number of benzene rings is 1. The Labute approximate surface area is 134 Å². The number of piperidine rings is 1. The number of nitrogens with zero attached hydrogens (tertiary/aromatic N) is 1. The van der Waals surface area contributed by atoms with Crippen LogP contribution in [0.1, 0.15) is 35.3 Å². The molecule has 0 aliphatic carbocycles. The predicted octanol–water partition coefficient (Wildman–Crippen LogP) is 3.78. The highest BCUT2D eigenvalue weighted by atomic mass is 19.1. The number of carbonyl (C=O) groups is 1. The molecule has 1 amide bonds. The molecule has 3 rings (SSSR count). The van der Waals surface area contributed by atoms with E-state index in [1.807, 2.05) is 11.0 Å². The molecule has 0 spiro atoms. The third-order valence-electron chi connectivity index (χ3n) is 4.47. The van der Waals surface area contributed by atoms with E-state index in [2.05, 4.69) is 4.98 Å². The van der Waals surface area contributed by atoms with Crippen LogP contribution in [0.3, 0.4) is 0 Å². The van der Waals surface area contributed by atoms with E-state index in [4.69, 9.17) is 0 Å². The molecule has 1 atom stereocenters. The molecular formula is C18H20F2N2O. The third-order valence-corrected chi connectivity index (χ3v) is 4.47. The molecule has 2 heterocycles. The molecule has 0 radical (unpaired) electrons. The second-order valence-corrected chi connectivity index (χ2v) is 6.12. The van der Waals surface area contributed by atoms with Gasteiger partial charge in [0.25, 0.3) is 5.91 Å². The SMILES string of the molecule is O=C(c1ccc[nH]1)N1CCC[C@H](CCc2ccc(F)cc2F)C1. The van der Waals surface area contributed by atoms with Gasteiger partial charge in [0.15, 0.2) is 0 Å². The van der Waals surface area contributed by atoms with Crippen LogP contribution in [0.15, 0.2) is 36.5 Å². The van der Waals surface area contributed by atoms with Gasteiger partial charge in [-0.05, 0) is 55.4 Å². The van der Waals surface area contributed by atoms with Crippen molar-refractivity contribution in [3.63, 3.8) is 0 Å². The van der Waals surface area contributed by atoms with Crippen LogP contribution >= 0.6 is 0 Å². The number of amides is 1. The van der Waals surface area contributed by atoms with E-state index in [0.717, 1.165) is 31.9 Å². The summed E-state index contributed by atoms with van der Waals surface area (Å²) in [5.41, 5.74) is 1.15. The molecule has 1 aromatic carbocycles. The first kappa shape index (κ1) is 15.7. The first-order chi connectivity index (χ1) is 11.1. The van der Waals surface area contributed by atoms with Gasteiger partial charge in [-0.1, -0.05) is 6.07 Å². The lowest BCUT2D eigenvalue weighted by Gasteiger charge is -2.32. The fraction of sp³-hybridized carbons (Fsp3) is 0.389. The summed E-state index contributed by atoms with van der Waals surface area (Å²) in [6.07, 6.45) is 5.12. The van der Waals surface area contributed by atoms with Crippen LogP contribution in [0, 0.1) is 17.6 Å². The zero-order valence-corrected chi connectivity index (χ0v) is 12.9. The Morgan fingerprint density at radius 3 is 2.91 bits per heavy atom. The Balaban J connectivity index is 1.57. The van der Waals surface area contributed by atoms with Gasteiger partial charge in [-0.25, -0.2) is 8.78 Å². The van der Waals surface area contributed by atoms with Gasteiger partial charge in [-0.3, -0.25) is 4.79 Å². The van der Waals surface area contributed by atoms with Crippen molar-refractivity contribution in [3.05, 3.63) is 59.4 Å². The maximum Gasteiger partial charge on any atom is 0.270 e. The molecule has 1 aliphatic heterocycles. The van der Waals surface area contributed by atoms with E-state index in [9.17, 15) is 13.6 Å². The molecule has 23 heavy (non-hydrogen) atoms. The Morgan fingerprint density at radius 1 is 1.30 bits per heavy atom. The highest BCUT2D eigenvalue weighted by molar-refractivity contribution is 5.92. The molecule has 2 aromatic rings. The van der Waals surface area contributed by atoms with Crippen molar-refractivity contribution in [2.75, 3.05) is 13.1 Å². The van der Waals surface area contributed by atoms with E-state index in [1.165, 1.54) is 12.1 Å². The molecule has 1 fully saturated rings. The summed E-state index contributed by atoms with van der Waals surface area (Å²) in [6.45, 7) is 1.46. The molecule has 0 bridgehead atoms. The van der Waals surface area contributed by atoms with Crippen LogP contribution in [0.4, 0.5) is 8.78 Å². The third kappa shape index (κ3) is 3.78. The van der Waals surface area contributed by atoms with Gasteiger partial charge in [0.05, 0.1) is 0 Å². The lowest BCUT2D eigenvalue weighted by molar-refractivity contribution is 0.0663. The monoisotopic (exact) mass is 318 g/mol. The smallest absolute Gasteiger partial charge is 0.270 e. The van der Waals surface area contributed by atoms with Crippen molar-refractivity contribution >= 4 is 5.91 Å². The lowest BCUT2D eigenvalue weighted by Crippen LogP contribution is -2.40. The topological polar surface area (TPSA) is 36.1 Å². The number of hydrogen-bond donors (Lipinski definition) is 1. The zero-order chi connectivity index (χ0) is 16.2. The number of aryl methyl sites for hydroxylation is 1. The van der Waals surface area contributed by atoms with Crippen molar-refractivity contribution < 1.29 is 13.6 Å². The Morgan fingerprint density at radius 2 is 2.17 bits per heavy atom. The normalized spacial score (nSPS) is 18.2. The van der Waals surface area contributed by atoms with Gasteiger partial charge in [0.2, 0.25) is 0 Å². The van der Waals surface area contributed by atoms with Crippen LogP contribution < -0.4 is 0 Å². The highest BCUT2D eigenvalue weighted by Crippen LogP contribution is 2.23. The molecule has 1 saturated heterocycles. The molecule has 0 saturated carbocycles. The van der Waals surface area contributed by atoms with E-state index < -0.39 is 11.6 Å². The average Bonchev–Trinajstić information content (AvgIpc) is 3.08. The maximum absolute atomic E-state index is 13.7. The van der Waals surface area contributed by atoms with Gasteiger partial charge in [0.1, 0.15) is 17.3 Å². The fourth-order valence-corrected chi connectivity index (χ4v) is 3.20. The van der Waals surface area contributed by atoms with Crippen molar-refractivity contribution in [1.29, 1.82) is 0 Å². The van der Waals surface area contributed by atoms with E-state index in [0.29, 0.717) is 30.1 Å². The van der Waals surface area contributed by atoms with Gasteiger partial charge < -0.3 is 9.88 Å². The molecule has 122 valence electrons. The Hall–Kier alpha value is -2.17. The minimum Gasteiger partial charge on any atom is -0.357 e. The van der Waals surface area contributed by atoms with Crippen molar-refractivity contribution in [1.82, 2.24) is 9.88 Å². The first-order valence-corrected chi connectivity index (χ1v) is 8.00. The van der Waals surface area contributed by atoms with Gasteiger partial charge >= 0.3 is 0 Å². The molecule has 1 N–H and O–H groups in total. The molecule has 1 aromatic heterocycles. The summed E-state index contributed by atoms with van der Waals surface area (Å²) in [7, 11) is 0. The molecule has 5 heteroatoms. The number of rotatable bonds is 4. The fourth-order valence-electron chi connectivity index (χ4n) is 3.20. The second kappa shape index (κ2) is 6.94. The van der Waals surface area contributed by atoms with Crippen molar-refractivity contribution in [2.24, 2.45) is 5.92 Å². The van der Waals surface area contributed by atoms with Crippen LogP contribution in [-0.2, 0) is 6.42 Å². The molecule has 1 aliphatic rings. The summed E-state index contributed by atoms with van der Waals surface area (Å²) >= 11 is 0. The van der Waals surface area contributed by atoms with E-state index >= 15 is 0 Å². The Kier molecular flexibility index (Phi) is 4.74. The maximum atomic E-state index is 13.7. The van der Waals surface area contributed by atoms with Crippen molar-refractivity contribution in [3.8, 4) is 0 Å². The number of H-pyrrole nitrogens is 1. The second-order valence-electron chi connectivity index (χ2n) is 6.12. The first-order valence-electron chi connectivity index (χ1n) is 8.00. The van der Waals surface area contributed by atoms with Crippen LogP contribution in [0.5, 0.6) is 0 Å². The summed E-state index contributed by atoms with van der Waals surface area (Å²) in [5.74, 6) is -0.661. The number of aromatic nitrogens is 1. The summed E-state index contributed by atoms with van der Waals surface area (Å²) in [5, 5.41) is 0. The Bertz CT molecular complexity index is 670. The number of nitrogens with one attached hydrogen (secondary N) is 1. The number of likely N-dealkylation sites (tertiary alicyclic amines) is 1. The number of carbonyl (C=O) groups excluding carboxylic acids is 1. The van der Waals surface area contributed by atoms with Gasteiger partial charge in [-0.15, -0.1) is 0 Å². The van der Waals surface area contributed by atoms with Crippen molar-refractivity contribution in [2.45, 2.75) is 25.7 Å². The lowest BCUT2D eigenvalue weighted by atomic mass is 9.91. The zero-order valence-electron chi connectivity index (χ0n) is 12.9. The van der Waals surface area contributed by atoms with Crippen LogP contribution in [0.2, 0.25) is 0 Å². The predicted molar refractivity (Wildman–Crippen MR) is 84.1 cm³/mol. The number of halogens is 2. The molecular weight excluding hydrogens is 298 g/mol. The summed E-state index contributed by atoms with van der Waals surface area (Å²) in [6, 6.07) is 7.32. The standard InChI is InChI=1S/C18H20F2N2O/c19-15-8-7-14(16(20)11-15)6-5-13-3-2-10-22(12-13)18(23)17-4-1-9-21-17/h1,4,7-9,11,13,21H,2-3,5-6,10,12H2/t13-/m1/s1. The van der Waals surface area contributed by atoms with E-state index in [-0.39, 0.29) is 5.91 Å². The van der Waals surface area contributed by atoms with Crippen LogP contribution in [-0.4, -0.2) is 28.9 Å². The van der Waals surface area contributed by atoms with Gasteiger partial charge in [0, 0.05) is 25.4 Å². The molecule has 0 unspecified atom stereocenters. The molecule has 3 nitrogen and oxygen atoms in total. The number of aromatic amines is 1. The van der Waals surface area contributed by atoms with Gasteiger partial charge in [-0.2, -0.15) is 0 Å².